The van der Waals surface area contributed by atoms with Crippen molar-refractivity contribution in [2.24, 2.45) is 5.10 Å². The van der Waals surface area contributed by atoms with Crippen LogP contribution in [-0.4, -0.2) is 12.1 Å². The average Bonchev–Trinajstić information content (AvgIpc) is 2.83. The van der Waals surface area contributed by atoms with E-state index in [1.807, 2.05) is 29.6 Å². The summed E-state index contributed by atoms with van der Waals surface area (Å²) in [4.78, 5) is 12.7. The zero-order chi connectivity index (χ0) is 12.1. The van der Waals surface area contributed by atoms with Gasteiger partial charge < -0.3 is 0 Å². The maximum absolute atomic E-state index is 11.7. The van der Waals surface area contributed by atoms with Gasteiger partial charge >= 0.3 is 0 Å². The van der Waals surface area contributed by atoms with Crippen LogP contribution in [0.5, 0.6) is 0 Å². The van der Waals surface area contributed by atoms with Gasteiger partial charge in [-0.25, -0.2) is 5.43 Å². The van der Waals surface area contributed by atoms with Crippen molar-refractivity contribution in [2.45, 2.75) is 0 Å². The maximum Gasteiger partial charge on any atom is 0.271 e. The van der Waals surface area contributed by atoms with Gasteiger partial charge in [-0.1, -0.05) is 6.07 Å². The van der Waals surface area contributed by atoms with E-state index >= 15 is 0 Å². The molecule has 2 aromatic rings. The topological polar surface area (TPSA) is 41.5 Å². The van der Waals surface area contributed by atoms with Crippen LogP contribution in [-0.2, 0) is 0 Å². The SMILES string of the molecule is O=C(N/N=C\c1cccs1)c1ccc(I)cc1. The van der Waals surface area contributed by atoms with Gasteiger partial charge in [0.25, 0.3) is 5.91 Å². The highest BCUT2D eigenvalue weighted by atomic mass is 127. The molecule has 0 saturated carbocycles. The number of benzene rings is 1. The van der Waals surface area contributed by atoms with E-state index < -0.39 is 0 Å². The standard InChI is InChI=1S/C12H9IN2OS/c13-10-5-3-9(4-6-10)12(16)15-14-8-11-2-1-7-17-11/h1-8H,(H,15,16)/b14-8-. The first kappa shape index (κ1) is 12.3. The van der Waals surface area contributed by atoms with Gasteiger partial charge in [0.2, 0.25) is 0 Å². The van der Waals surface area contributed by atoms with Crippen LogP contribution in [0.3, 0.4) is 0 Å². The lowest BCUT2D eigenvalue weighted by atomic mass is 10.2. The number of hydrazone groups is 1. The first-order chi connectivity index (χ1) is 8.25. The van der Waals surface area contributed by atoms with E-state index in [-0.39, 0.29) is 5.91 Å². The summed E-state index contributed by atoms with van der Waals surface area (Å²) in [5, 5.41) is 5.86. The summed E-state index contributed by atoms with van der Waals surface area (Å²) >= 11 is 3.77. The summed E-state index contributed by atoms with van der Waals surface area (Å²) in [6, 6.07) is 11.2. The van der Waals surface area contributed by atoms with Gasteiger partial charge in [0.05, 0.1) is 6.21 Å². The Kier molecular flexibility index (Phi) is 4.27. The third-order valence-corrected chi connectivity index (χ3v) is 3.53. The van der Waals surface area contributed by atoms with Gasteiger partial charge in [-0.2, -0.15) is 5.10 Å². The Bertz CT molecular complexity index is 520. The molecule has 5 heteroatoms. The summed E-state index contributed by atoms with van der Waals surface area (Å²) < 4.78 is 1.10. The zero-order valence-corrected chi connectivity index (χ0v) is 11.7. The second-order valence-corrected chi connectivity index (χ2v) is 5.45. The maximum atomic E-state index is 11.7. The van der Waals surface area contributed by atoms with E-state index in [0.29, 0.717) is 5.56 Å². The number of hydrogen-bond donors (Lipinski definition) is 1. The smallest absolute Gasteiger partial charge is 0.267 e. The van der Waals surface area contributed by atoms with Crippen molar-refractivity contribution in [2.75, 3.05) is 0 Å². The summed E-state index contributed by atoms with van der Waals surface area (Å²) in [7, 11) is 0. The largest absolute Gasteiger partial charge is 0.271 e. The molecule has 1 N–H and O–H groups in total. The van der Waals surface area contributed by atoms with Crippen LogP contribution >= 0.6 is 33.9 Å². The van der Waals surface area contributed by atoms with Crippen LogP contribution < -0.4 is 5.43 Å². The number of halogens is 1. The predicted octanol–water partition coefficient (Wildman–Crippen LogP) is 3.12. The fourth-order valence-corrected chi connectivity index (χ4v) is 2.13. The Morgan fingerprint density at radius 3 is 2.71 bits per heavy atom. The van der Waals surface area contributed by atoms with Crippen molar-refractivity contribution >= 4 is 46.0 Å². The molecule has 86 valence electrons. The fraction of sp³-hybridized carbons (Fsp3) is 0. The van der Waals surface area contributed by atoms with Crippen molar-refractivity contribution in [1.29, 1.82) is 0 Å². The first-order valence-electron chi connectivity index (χ1n) is 4.88. The Morgan fingerprint density at radius 1 is 1.29 bits per heavy atom. The molecule has 0 radical (unpaired) electrons. The minimum Gasteiger partial charge on any atom is -0.267 e. The van der Waals surface area contributed by atoms with E-state index in [4.69, 9.17) is 0 Å². The minimum absolute atomic E-state index is 0.200. The van der Waals surface area contributed by atoms with Crippen molar-refractivity contribution < 1.29 is 4.79 Å². The molecular weight excluding hydrogens is 347 g/mol. The molecule has 0 aliphatic carbocycles. The molecule has 1 aromatic carbocycles. The number of carbonyl (C=O) groups is 1. The van der Waals surface area contributed by atoms with Crippen molar-refractivity contribution in [3.63, 3.8) is 0 Å². The molecule has 1 amide bonds. The highest BCUT2D eigenvalue weighted by Gasteiger charge is 2.02. The monoisotopic (exact) mass is 356 g/mol. The lowest BCUT2D eigenvalue weighted by Gasteiger charge is -1.99. The second-order valence-electron chi connectivity index (χ2n) is 3.22. The summed E-state index contributed by atoms with van der Waals surface area (Å²) in [5.74, 6) is -0.200. The number of hydrogen-bond acceptors (Lipinski definition) is 3. The fourth-order valence-electron chi connectivity index (χ4n) is 1.19. The van der Waals surface area contributed by atoms with E-state index in [0.717, 1.165) is 8.45 Å². The number of carbonyl (C=O) groups excluding carboxylic acids is 1. The van der Waals surface area contributed by atoms with E-state index in [9.17, 15) is 4.79 Å². The molecule has 2 rings (SSSR count). The highest BCUT2D eigenvalue weighted by Crippen LogP contribution is 2.07. The van der Waals surface area contributed by atoms with Gasteiger partial charge in [-0.05, 0) is 58.3 Å². The quantitative estimate of drug-likeness (QED) is 0.513. The summed E-state index contributed by atoms with van der Waals surface area (Å²) in [5.41, 5.74) is 3.10. The molecule has 1 aromatic heterocycles. The summed E-state index contributed by atoms with van der Waals surface area (Å²) in [6.45, 7) is 0. The highest BCUT2D eigenvalue weighted by molar-refractivity contribution is 14.1. The molecule has 0 bridgehead atoms. The number of rotatable bonds is 3. The van der Waals surface area contributed by atoms with Crippen molar-refractivity contribution in [3.05, 3.63) is 55.8 Å². The zero-order valence-electron chi connectivity index (χ0n) is 8.76. The van der Waals surface area contributed by atoms with Crippen LogP contribution in [0.25, 0.3) is 0 Å². The molecule has 0 aliphatic heterocycles. The number of amides is 1. The van der Waals surface area contributed by atoms with Gasteiger partial charge in [0.1, 0.15) is 0 Å². The average molecular weight is 356 g/mol. The summed E-state index contributed by atoms with van der Waals surface area (Å²) in [6.07, 6.45) is 1.63. The lowest BCUT2D eigenvalue weighted by molar-refractivity contribution is 0.0955. The molecule has 17 heavy (non-hydrogen) atoms. The predicted molar refractivity (Wildman–Crippen MR) is 78.5 cm³/mol. The normalized spacial score (nSPS) is 10.6. The van der Waals surface area contributed by atoms with Gasteiger partial charge in [0, 0.05) is 14.0 Å². The Morgan fingerprint density at radius 2 is 2.06 bits per heavy atom. The van der Waals surface area contributed by atoms with Gasteiger partial charge in [-0.3, -0.25) is 4.79 Å². The number of thiophene rings is 1. The lowest BCUT2D eigenvalue weighted by Crippen LogP contribution is -2.17. The molecule has 1 heterocycles. The minimum atomic E-state index is -0.200. The Balaban J connectivity index is 1.96. The second kappa shape index (κ2) is 5.92. The van der Waals surface area contributed by atoms with Crippen molar-refractivity contribution in [3.8, 4) is 0 Å². The molecule has 0 aliphatic rings. The van der Waals surface area contributed by atoms with Crippen molar-refractivity contribution in [1.82, 2.24) is 5.43 Å². The molecule has 3 nitrogen and oxygen atoms in total. The van der Waals surface area contributed by atoms with Crippen LogP contribution in [0, 0.1) is 3.57 Å². The third-order valence-electron chi connectivity index (χ3n) is 2.01. The first-order valence-corrected chi connectivity index (χ1v) is 6.84. The Labute approximate surface area is 117 Å². The molecule has 0 fully saturated rings. The van der Waals surface area contributed by atoms with Crippen LogP contribution in [0.2, 0.25) is 0 Å². The number of nitrogens with one attached hydrogen (secondary N) is 1. The van der Waals surface area contributed by atoms with Gasteiger partial charge in [-0.15, -0.1) is 11.3 Å². The third kappa shape index (κ3) is 3.64. The molecular formula is C12H9IN2OS. The molecule has 0 atom stereocenters. The van der Waals surface area contributed by atoms with E-state index in [1.165, 1.54) is 0 Å². The molecule has 0 saturated heterocycles. The van der Waals surface area contributed by atoms with Crippen LogP contribution in [0.15, 0.2) is 46.9 Å². The molecule has 0 spiro atoms. The van der Waals surface area contributed by atoms with Crippen LogP contribution in [0.4, 0.5) is 0 Å². The Hall–Kier alpha value is -1.21. The van der Waals surface area contributed by atoms with Gasteiger partial charge in [0.15, 0.2) is 0 Å². The van der Waals surface area contributed by atoms with Crippen LogP contribution in [0.1, 0.15) is 15.2 Å². The molecule has 0 unspecified atom stereocenters. The van der Waals surface area contributed by atoms with E-state index in [1.54, 1.807) is 29.7 Å². The number of nitrogens with zero attached hydrogens (tertiary/aromatic N) is 1. The van der Waals surface area contributed by atoms with E-state index in [2.05, 4.69) is 33.1 Å².